The van der Waals surface area contributed by atoms with E-state index in [-0.39, 0.29) is 5.56 Å². The van der Waals surface area contributed by atoms with E-state index in [1.54, 1.807) is 25.3 Å². The van der Waals surface area contributed by atoms with Crippen LogP contribution in [0.4, 0.5) is 0 Å². The second-order valence-corrected chi connectivity index (χ2v) is 5.41. The molecule has 2 aromatic rings. The largest absolute Gasteiger partial charge is 0.493 e. The maximum atomic E-state index is 10.9. The summed E-state index contributed by atoms with van der Waals surface area (Å²) >= 11 is 3.36. The second-order valence-electron chi connectivity index (χ2n) is 4.55. The van der Waals surface area contributed by atoms with E-state index in [0.29, 0.717) is 22.6 Å². The molecule has 0 amide bonds. The molecule has 21 heavy (non-hydrogen) atoms. The molecule has 1 N–H and O–H groups in total. The summed E-state index contributed by atoms with van der Waals surface area (Å²) in [5.41, 5.74) is 2.19. The number of ether oxygens (including phenoxy) is 2. The Balaban J connectivity index is 2.15. The molecule has 0 saturated carbocycles. The molecular weight excluding hydrogens is 336 g/mol. The van der Waals surface area contributed by atoms with Crippen LogP contribution in [0, 0.1) is 6.92 Å². The molecule has 110 valence electrons. The Kier molecular flexibility index (Phi) is 4.85. The molecular formula is C16H15BrO4. The van der Waals surface area contributed by atoms with Crippen LogP contribution >= 0.6 is 15.9 Å². The number of carboxylic acids is 1. The molecule has 0 aliphatic heterocycles. The number of aryl methyl sites for hydroxylation is 1. The quantitative estimate of drug-likeness (QED) is 0.883. The van der Waals surface area contributed by atoms with Gasteiger partial charge in [0.25, 0.3) is 0 Å². The van der Waals surface area contributed by atoms with Crippen LogP contribution in [0.25, 0.3) is 0 Å². The van der Waals surface area contributed by atoms with Gasteiger partial charge in [0, 0.05) is 10.0 Å². The zero-order valence-corrected chi connectivity index (χ0v) is 13.3. The first kappa shape index (κ1) is 15.4. The summed E-state index contributed by atoms with van der Waals surface area (Å²) in [4.78, 5) is 10.9. The Bertz CT molecular complexity index is 667. The minimum Gasteiger partial charge on any atom is -0.493 e. The van der Waals surface area contributed by atoms with E-state index in [1.807, 2.05) is 25.1 Å². The summed E-state index contributed by atoms with van der Waals surface area (Å²) in [7, 11) is 1.60. The van der Waals surface area contributed by atoms with Gasteiger partial charge in [-0.2, -0.15) is 0 Å². The van der Waals surface area contributed by atoms with Crippen molar-refractivity contribution in [2.75, 3.05) is 7.11 Å². The first-order chi connectivity index (χ1) is 10.0. The van der Waals surface area contributed by atoms with Gasteiger partial charge >= 0.3 is 5.97 Å². The lowest BCUT2D eigenvalue weighted by Crippen LogP contribution is -2.01. The van der Waals surface area contributed by atoms with Crippen molar-refractivity contribution < 1.29 is 19.4 Å². The van der Waals surface area contributed by atoms with Crippen LogP contribution in [-0.4, -0.2) is 18.2 Å². The molecule has 0 aromatic heterocycles. The SMILES string of the molecule is COc1cc(C)ccc1OCc1ccc(C(=O)O)cc1Br. The molecule has 0 bridgehead atoms. The Morgan fingerprint density at radius 2 is 1.95 bits per heavy atom. The van der Waals surface area contributed by atoms with Gasteiger partial charge in [0.05, 0.1) is 12.7 Å². The van der Waals surface area contributed by atoms with E-state index in [9.17, 15) is 4.79 Å². The van der Waals surface area contributed by atoms with Gasteiger partial charge in [-0.1, -0.05) is 28.1 Å². The van der Waals surface area contributed by atoms with Gasteiger partial charge in [-0.3, -0.25) is 0 Å². The van der Waals surface area contributed by atoms with Crippen molar-refractivity contribution in [1.29, 1.82) is 0 Å². The Hall–Kier alpha value is -2.01. The van der Waals surface area contributed by atoms with Crippen molar-refractivity contribution in [3.8, 4) is 11.5 Å². The average Bonchev–Trinajstić information content (AvgIpc) is 2.46. The van der Waals surface area contributed by atoms with E-state index in [4.69, 9.17) is 14.6 Å². The van der Waals surface area contributed by atoms with E-state index < -0.39 is 5.97 Å². The molecule has 0 spiro atoms. The molecule has 0 atom stereocenters. The van der Waals surface area contributed by atoms with Crippen LogP contribution in [0.2, 0.25) is 0 Å². The first-order valence-electron chi connectivity index (χ1n) is 6.30. The minimum atomic E-state index is -0.955. The highest BCUT2D eigenvalue weighted by Crippen LogP contribution is 2.29. The third-order valence-electron chi connectivity index (χ3n) is 3.00. The van der Waals surface area contributed by atoms with Crippen LogP contribution in [0.5, 0.6) is 11.5 Å². The van der Waals surface area contributed by atoms with Crippen molar-refractivity contribution in [3.63, 3.8) is 0 Å². The number of rotatable bonds is 5. The maximum Gasteiger partial charge on any atom is 0.335 e. The molecule has 4 nitrogen and oxygen atoms in total. The predicted molar refractivity (Wildman–Crippen MR) is 83.2 cm³/mol. The number of benzene rings is 2. The fourth-order valence-corrected chi connectivity index (χ4v) is 2.34. The van der Waals surface area contributed by atoms with Gasteiger partial charge < -0.3 is 14.6 Å². The Labute approximate surface area is 131 Å². The molecule has 2 aromatic carbocycles. The van der Waals surface area contributed by atoms with E-state index in [2.05, 4.69) is 15.9 Å². The lowest BCUT2D eigenvalue weighted by Gasteiger charge is -2.12. The third kappa shape index (κ3) is 3.76. The molecule has 0 aliphatic carbocycles. The number of halogens is 1. The van der Waals surface area contributed by atoms with Crippen molar-refractivity contribution >= 4 is 21.9 Å². The van der Waals surface area contributed by atoms with Gasteiger partial charge in [0.1, 0.15) is 6.61 Å². The van der Waals surface area contributed by atoms with Crippen LogP contribution in [0.15, 0.2) is 40.9 Å². The smallest absolute Gasteiger partial charge is 0.335 e. The van der Waals surface area contributed by atoms with Gasteiger partial charge in [0.2, 0.25) is 0 Å². The normalized spacial score (nSPS) is 10.2. The first-order valence-corrected chi connectivity index (χ1v) is 7.09. The van der Waals surface area contributed by atoms with E-state index in [1.165, 1.54) is 0 Å². The highest BCUT2D eigenvalue weighted by molar-refractivity contribution is 9.10. The number of hydrogen-bond donors (Lipinski definition) is 1. The molecule has 0 aliphatic rings. The summed E-state index contributed by atoms with van der Waals surface area (Å²) in [6.07, 6.45) is 0. The summed E-state index contributed by atoms with van der Waals surface area (Å²) in [6, 6.07) is 10.5. The van der Waals surface area contributed by atoms with Crippen LogP contribution in [-0.2, 0) is 6.61 Å². The fourth-order valence-electron chi connectivity index (χ4n) is 1.85. The van der Waals surface area contributed by atoms with Crippen molar-refractivity contribution in [3.05, 3.63) is 57.6 Å². The molecule has 0 saturated heterocycles. The number of hydrogen-bond acceptors (Lipinski definition) is 3. The Morgan fingerprint density at radius 3 is 2.57 bits per heavy atom. The van der Waals surface area contributed by atoms with Crippen LogP contribution < -0.4 is 9.47 Å². The standard InChI is InChI=1S/C16H15BrO4/c1-10-3-6-14(15(7-10)20-2)21-9-12-5-4-11(16(18)19)8-13(12)17/h3-8H,9H2,1-2H3,(H,18,19). The highest BCUT2D eigenvalue weighted by atomic mass is 79.9. The third-order valence-corrected chi connectivity index (χ3v) is 3.74. The molecule has 0 unspecified atom stereocenters. The molecule has 0 radical (unpaired) electrons. The van der Waals surface area contributed by atoms with E-state index in [0.717, 1.165) is 11.1 Å². The molecule has 5 heteroatoms. The van der Waals surface area contributed by atoms with Gasteiger partial charge in [0.15, 0.2) is 11.5 Å². The van der Waals surface area contributed by atoms with Crippen molar-refractivity contribution in [2.24, 2.45) is 0 Å². The number of carbonyl (C=O) groups is 1. The summed E-state index contributed by atoms with van der Waals surface area (Å²) in [5, 5.41) is 8.93. The average molecular weight is 351 g/mol. The second kappa shape index (κ2) is 6.63. The predicted octanol–water partition coefficient (Wildman–Crippen LogP) is 4.04. The van der Waals surface area contributed by atoms with Crippen molar-refractivity contribution in [2.45, 2.75) is 13.5 Å². The van der Waals surface area contributed by atoms with Crippen LogP contribution in [0.1, 0.15) is 21.5 Å². The summed E-state index contributed by atoms with van der Waals surface area (Å²) < 4.78 is 11.7. The molecule has 0 fully saturated rings. The highest BCUT2D eigenvalue weighted by Gasteiger charge is 2.09. The number of carboxylic acid groups (broad SMARTS) is 1. The van der Waals surface area contributed by atoms with Crippen molar-refractivity contribution in [1.82, 2.24) is 0 Å². The summed E-state index contributed by atoms with van der Waals surface area (Å²) in [6.45, 7) is 2.30. The number of methoxy groups -OCH3 is 1. The van der Waals surface area contributed by atoms with Gasteiger partial charge in [-0.05, 0) is 36.8 Å². The fraction of sp³-hybridized carbons (Fsp3) is 0.188. The minimum absolute atomic E-state index is 0.235. The van der Waals surface area contributed by atoms with Gasteiger partial charge in [-0.25, -0.2) is 4.79 Å². The number of aromatic carboxylic acids is 1. The molecule has 0 heterocycles. The molecule has 2 rings (SSSR count). The zero-order chi connectivity index (χ0) is 15.4. The Morgan fingerprint density at radius 1 is 1.19 bits per heavy atom. The van der Waals surface area contributed by atoms with Gasteiger partial charge in [-0.15, -0.1) is 0 Å². The lowest BCUT2D eigenvalue weighted by molar-refractivity contribution is 0.0696. The van der Waals surface area contributed by atoms with E-state index >= 15 is 0 Å². The maximum absolute atomic E-state index is 10.9. The zero-order valence-electron chi connectivity index (χ0n) is 11.7. The topological polar surface area (TPSA) is 55.8 Å². The monoisotopic (exact) mass is 350 g/mol. The van der Waals surface area contributed by atoms with Crippen LogP contribution in [0.3, 0.4) is 0 Å². The lowest BCUT2D eigenvalue weighted by atomic mass is 10.1. The summed E-state index contributed by atoms with van der Waals surface area (Å²) in [5.74, 6) is 0.369.